The summed E-state index contributed by atoms with van der Waals surface area (Å²) in [6.45, 7) is 9.19. The highest BCUT2D eigenvalue weighted by molar-refractivity contribution is 5.71. The molecule has 25 heavy (non-hydrogen) atoms. The van der Waals surface area contributed by atoms with Gasteiger partial charge in [-0.2, -0.15) is 9.97 Å². The Morgan fingerprint density at radius 2 is 1.68 bits per heavy atom. The van der Waals surface area contributed by atoms with Gasteiger partial charge in [-0.05, 0) is 25.3 Å². The predicted octanol–water partition coefficient (Wildman–Crippen LogP) is 1.20. The lowest BCUT2D eigenvalue weighted by Gasteiger charge is -2.36. The zero-order chi connectivity index (χ0) is 18.1. The Morgan fingerprint density at radius 1 is 1.08 bits per heavy atom. The zero-order valence-corrected chi connectivity index (χ0v) is 15.2. The summed E-state index contributed by atoms with van der Waals surface area (Å²) in [6, 6.07) is 0. The topological polar surface area (TPSA) is 105 Å². The van der Waals surface area contributed by atoms with E-state index in [0.29, 0.717) is 36.7 Å². The van der Waals surface area contributed by atoms with Crippen molar-refractivity contribution >= 4 is 23.3 Å². The summed E-state index contributed by atoms with van der Waals surface area (Å²) in [5.74, 6) is 1.89. The van der Waals surface area contributed by atoms with Crippen LogP contribution < -0.4 is 15.5 Å². The van der Waals surface area contributed by atoms with E-state index in [9.17, 15) is 10.1 Å². The lowest BCUT2D eigenvalue weighted by molar-refractivity contribution is -0.383. The average molecular weight is 349 g/mol. The first kappa shape index (κ1) is 17.7. The lowest BCUT2D eigenvalue weighted by Crippen LogP contribution is -2.45. The Morgan fingerprint density at radius 3 is 2.24 bits per heavy atom. The Hall–Kier alpha value is -2.16. The van der Waals surface area contributed by atoms with Crippen molar-refractivity contribution in [2.45, 2.75) is 20.3 Å². The van der Waals surface area contributed by atoms with Gasteiger partial charge in [0, 0.05) is 39.3 Å². The molecule has 0 aliphatic carbocycles. The minimum Gasteiger partial charge on any atom is -0.378 e. The number of anilines is 3. The Balaban J connectivity index is 1.97. The van der Waals surface area contributed by atoms with Gasteiger partial charge in [-0.25, -0.2) is 0 Å². The highest BCUT2D eigenvalue weighted by Crippen LogP contribution is 2.34. The molecule has 1 aromatic rings. The van der Waals surface area contributed by atoms with Crippen LogP contribution in [0.5, 0.6) is 0 Å². The molecule has 0 unspecified atom stereocenters. The van der Waals surface area contributed by atoms with Crippen molar-refractivity contribution in [2.24, 2.45) is 11.8 Å². The third-order valence-corrected chi connectivity index (χ3v) is 5.02. The van der Waals surface area contributed by atoms with Crippen LogP contribution >= 0.6 is 0 Å². The first-order chi connectivity index (χ1) is 11.8. The second kappa shape index (κ2) is 6.99. The molecule has 138 valence electrons. The van der Waals surface area contributed by atoms with Gasteiger partial charge in [0.05, 0.1) is 4.92 Å². The summed E-state index contributed by atoms with van der Waals surface area (Å²) >= 11 is 0. The molecule has 0 bridgehead atoms. The molecule has 1 aromatic heterocycles. The number of likely N-dealkylation sites (N-methyl/N-ethyl adjacent to an activating group) is 1. The van der Waals surface area contributed by atoms with Crippen molar-refractivity contribution in [1.29, 1.82) is 0 Å². The summed E-state index contributed by atoms with van der Waals surface area (Å²) in [5.41, 5.74) is 5.80. The number of nitro groups is 1. The number of nitrogen functional groups attached to an aromatic ring is 1. The average Bonchev–Trinajstić information content (AvgIpc) is 2.53. The van der Waals surface area contributed by atoms with Crippen LogP contribution in [-0.2, 0) is 0 Å². The molecule has 3 heterocycles. The van der Waals surface area contributed by atoms with Gasteiger partial charge in [-0.15, -0.1) is 0 Å². The molecule has 9 nitrogen and oxygen atoms in total. The van der Waals surface area contributed by atoms with E-state index in [1.807, 2.05) is 11.9 Å². The van der Waals surface area contributed by atoms with Crippen molar-refractivity contribution < 1.29 is 4.92 Å². The maximum absolute atomic E-state index is 11.5. The standard InChI is InChI=1S/C16H27N7O2/c1-11-8-12(2)10-22(9-11)16-18-14(17)13(23(24)25)15(19-16)21-6-4-20(3)5-7-21/h11-12H,4-10H2,1-3H3,(H2,17,18,19)/t11-,12-/m1/s1. The van der Waals surface area contributed by atoms with Gasteiger partial charge < -0.3 is 20.4 Å². The van der Waals surface area contributed by atoms with Gasteiger partial charge in [0.1, 0.15) is 0 Å². The number of nitrogens with two attached hydrogens (primary N) is 1. The number of nitrogens with zero attached hydrogens (tertiary/aromatic N) is 6. The quantitative estimate of drug-likeness (QED) is 0.641. The van der Waals surface area contributed by atoms with E-state index in [1.54, 1.807) is 0 Å². The number of hydrogen-bond donors (Lipinski definition) is 1. The van der Waals surface area contributed by atoms with E-state index in [2.05, 4.69) is 33.6 Å². The molecule has 0 amide bonds. The zero-order valence-electron chi connectivity index (χ0n) is 15.2. The molecule has 0 spiro atoms. The predicted molar refractivity (Wildman–Crippen MR) is 98.0 cm³/mol. The molecule has 3 rings (SSSR count). The molecule has 0 aromatic carbocycles. The molecule has 2 fully saturated rings. The van der Waals surface area contributed by atoms with Gasteiger partial charge in [-0.1, -0.05) is 13.8 Å². The molecule has 2 aliphatic heterocycles. The van der Waals surface area contributed by atoms with Gasteiger partial charge in [-0.3, -0.25) is 10.1 Å². The van der Waals surface area contributed by atoms with Crippen molar-refractivity contribution in [3.63, 3.8) is 0 Å². The third-order valence-electron chi connectivity index (χ3n) is 5.02. The third kappa shape index (κ3) is 3.76. The molecule has 2 atom stereocenters. The summed E-state index contributed by atoms with van der Waals surface area (Å²) in [7, 11) is 2.04. The van der Waals surface area contributed by atoms with E-state index in [4.69, 9.17) is 5.73 Å². The van der Waals surface area contributed by atoms with E-state index in [0.717, 1.165) is 26.2 Å². The maximum Gasteiger partial charge on any atom is 0.353 e. The molecule has 9 heteroatoms. The largest absolute Gasteiger partial charge is 0.378 e. The Kier molecular flexibility index (Phi) is 4.94. The summed E-state index contributed by atoms with van der Waals surface area (Å²) in [5, 5.41) is 11.5. The van der Waals surface area contributed by atoms with Crippen molar-refractivity contribution in [3.05, 3.63) is 10.1 Å². The summed E-state index contributed by atoms with van der Waals surface area (Å²) in [4.78, 5) is 26.2. The second-order valence-electron chi connectivity index (χ2n) is 7.48. The fourth-order valence-corrected chi connectivity index (χ4v) is 3.83. The van der Waals surface area contributed by atoms with Gasteiger partial charge in [0.25, 0.3) is 0 Å². The minimum atomic E-state index is -0.464. The Labute approximate surface area is 148 Å². The van der Waals surface area contributed by atoms with Crippen molar-refractivity contribution in [1.82, 2.24) is 14.9 Å². The highest BCUT2D eigenvalue weighted by Gasteiger charge is 2.31. The van der Waals surface area contributed by atoms with Crippen LogP contribution in [0.3, 0.4) is 0 Å². The van der Waals surface area contributed by atoms with Crippen LogP contribution in [0.4, 0.5) is 23.3 Å². The Bertz CT molecular complexity index is 636. The molecule has 0 radical (unpaired) electrons. The van der Waals surface area contributed by atoms with E-state index in [1.165, 1.54) is 6.42 Å². The molecule has 2 saturated heterocycles. The van der Waals surface area contributed by atoms with Crippen LogP contribution in [-0.4, -0.2) is 66.1 Å². The van der Waals surface area contributed by atoms with Gasteiger partial charge in [0.15, 0.2) is 0 Å². The monoisotopic (exact) mass is 349 g/mol. The highest BCUT2D eigenvalue weighted by atomic mass is 16.6. The summed E-state index contributed by atoms with van der Waals surface area (Å²) < 4.78 is 0. The van der Waals surface area contributed by atoms with Crippen molar-refractivity contribution in [2.75, 3.05) is 61.8 Å². The van der Waals surface area contributed by atoms with Crippen LogP contribution in [0.15, 0.2) is 0 Å². The number of hydrogen-bond acceptors (Lipinski definition) is 8. The van der Waals surface area contributed by atoms with E-state index < -0.39 is 4.92 Å². The molecule has 2 aliphatic rings. The van der Waals surface area contributed by atoms with Gasteiger partial charge in [0.2, 0.25) is 17.6 Å². The number of piperazine rings is 1. The van der Waals surface area contributed by atoms with Gasteiger partial charge >= 0.3 is 5.69 Å². The number of rotatable bonds is 3. The van der Waals surface area contributed by atoms with Crippen LogP contribution in [0.1, 0.15) is 20.3 Å². The van der Waals surface area contributed by atoms with Crippen LogP contribution in [0, 0.1) is 22.0 Å². The number of piperidine rings is 1. The molecular formula is C16H27N7O2. The normalized spacial score (nSPS) is 25.2. The van der Waals surface area contributed by atoms with Crippen LogP contribution in [0.25, 0.3) is 0 Å². The lowest BCUT2D eigenvalue weighted by atomic mass is 9.92. The van der Waals surface area contributed by atoms with E-state index in [-0.39, 0.29) is 11.5 Å². The smallest absolute Gasteiger partial charge is 0.353 e. The van der Waals surface area contributed by atoms with Crippen molar-refractivity contribution in [3.8, 4) is 0 Å². The summed E-state index contributed by atoms with van der Waals surface area (Å²) in [6.07, 6.45) is 1.17. The number of aromatic nitrogens is 2. The maximum atomic E-state index is 11.5. The first-order valence-electron chi connectivity index (χ1n) is 8.85. The molecular weight excluding hydrogens is 322 g/mol. The minimum absolute atomic E-state index is 0.0465. The molecule has 2 N–H and O–H groups in total. The van der Waals surface area contributed by atoms with Crippen LogP contribution in [0.2, 0.25) is 0 Å². The molecule has 0 saturated carbocycles. The fraction of sp³-hybridized carbons (Fsp3) is 0.750. The fourth-order valence-electron chi connectivity index (χ4n) is 3.83. The second-order valence-corrected chi connectivity index (χ2v) is 7.48. The SMILES string of the molecule is C[C@@H]1C[C@@H](C)CN(c2nc(N)c([N+](=O)[O-])c(N3CCN(C)CC3)n2)C1. The first-order valence-corrected chi connectivity index (χ1v) is 8.85. The van der Waals surface area contributed by atoms with E-state index >= 15 is 0 Å².